The van der Waals surface area contributed by atoms with Gasteiger partial charge in [-0.3, -0.25) is 4.79 Å². The van der Waals surface area contributed by atoms with Gasteiger partial charge in [-0.1, -0.05) is 0 Å². The smallest absolute Gasteiger partial charge is 0.241 e. The molecule has 0 aliphatic carbocycles. The van der Waals surface area contributed by atoms with E-state index in [4.69, 9.17) is 4.74 Å². The van der Waals surface area contributed by atoms with Gasteiger partial charge in [0.2, 0.25) is 11.8 Å². The van der Waals surface area contributed by atoms with Crippen LogP contribution < -0.4 is 10.1 Å². The molecule has 1 fully saturated rings. The fraction of sp³-hybridized carbons (Fsp3) is 0.615. The quantitative estimate of drug-likeness (QED) is 0.866. The first kappa shape index (κ1) is 13.6. The zero-order valence-corrected chi connectivity index (χ0v) is 11.5. The molecular weight excluding hydrogens is 244 g/mol. The average Bonchev–Trinajstić information content (AvgIpc) is 2.94. The molecule has 1 aliphatic rings. The van der Waals surface area contributed by atoms with Gasteiger partial charge >= 0.3 is 0 Å². The van der Waals surface area contributed by atoms with Gasteiger partial charge in [-0.05, 0) is 26.7 Å². The molecule has 1 aromatic rings. The monoisotopic (exact) mass is 264 g/mol. The van der Waals surface area contributed by atoms with Gasteiger partial charge in [-0.15, -0.1) is 0 Å². The summed E-state index contributed by atoms with van der Waals surface area (Å²) in [5.41, 5.74) is 0.832. The summed E-state index contributed by atoms with van der Waals surface area (Å²) >= 11 is 0. The molecule has 1 aromatic heterocycles. The fourth-order valence-corrected chi connectivity index (χ4v) is 2.13. The molecule has 1 N–H and O–H groups in total. The van der Waals surface area contributed by atoms with Gasteiger partial charge in [-0.25, -0.2) is 9.97 Å². The summed E-state index contributed by atoms with van der Waals surface area (Å²) < 4.78 is 5.40. The van der Waals surface area contributed by atoms with Crippen molar-refractivity contribution in [2.24, 2.45) is 0 Å². The Morgan fingerprint density at radius 3 is 2.84 bits per heavy atom. The molecule has 0 spiro atoms. The second-order valence-electron chi connectivity index (χ2n) is 4.53. The van der Waals surface area contributed by atoms with E-state index < -0.39 is 0 Å². The van der Waals surface area contributed by atoms with Crippen molar-refractivity contribution < 1.29 is 9.53 Å². The molecule has 0 aromatic carbocycles. The van der Waals surface area contributed by atoms with Gasteiger partial charge in [0, 0.05) is 13.1 Å². The van der Waals surface area contributed by atoms with E-state index in [2.05, 4.69) is 15.3 Å². The van der Waals surface area contributed by atoms with Crippen LogP contribution >= 0.6 is 0 Å². The summed E-state index contributed by atoms with van der Waals surface area (Å²) in [7, 11) is 0. The van der Waals surface area contributed by atoms with Crippen molar-refractivity contribution in [3.8, 4) is 5.88 Å². The number of anilines is 1. The maximum absolute atomic E-state index is 11.9. The minimum absolute atomic E-state index is 0.119. The van der Waals surface area contributed by atoms with Crippen LogP contribution in [0.15, 0.2) is 6.33 Å². The number of hydrogen-bond acceptors (Lipinski definition) is 5. The number of rotatable bonds is 5. The molecule has 6 heteroatoms. The number of hydrogen-bond donors (Lipinski definition) is 1. The van der Waals surface area contributed by atoms with Crippen molar-refractivity contribution in [2.75, 3.05) is 31.6 Å². The maximum atomic E-state index is 11.9. The van der Waals surface area contributed by atoms with Crippen molar-refractivity contribution in [3.63, 3.8) is 0 Å². The van der Waals surface area contributed by atoms with E-state index in [1.807, 2.05) is 18.7 Å². The van der Waals surface area contributed by atoms with E-state index in [-0.39, 0.29) is 12.5 Å². The van der Waals surface area contributed by atoms with Crippen molar-refractivity contribution in [1.29, 1.82) is 0 Å². The number of nitrogens with zero attached hydrogens (tertiary/aromatic N) is 3. The molecule has 0 atom stereocenters. The predicted molar refractivity (Wildman–Crippen MR) is 72.2 cm³/mol. The largest absolute Gasteiger partial charge is 0.478 e. The Labute approximate surface area is 113 Å². The summed E-state index contributed by atoms with van der Waals surface area (Å²) in [5.74, 6) is 1.34. The lowest BCUT2D eigenvalue weighted by atomic mass is 10.3. The molecule has 19 heavy (non-hydrogen) atoms. The molecule has 0 bridgehead atoms. The van der Waals surface area contributed by atoms with Crippen LogP contribution in [0.3, 0.4) is 0 Å². The lowest BCUT2D eigenvalue weighted by Crippen LogP contribution is -2.33. The Balaban J connectivity index is 1.95. The van der Waals surface area contributed by atoms with Gasteiger partial charge in [0.1, 0.15) is 12.1 Å². The predicted octanol–water partition coefficient (Wildman–Crippen LogP) is 1.22. The van der Waals surface area contributed by atoms with Crippen LogP contribution in [-0.4, -0.2) is 47.0 Å². The highest BCUT2D eigenvalue weighted by molar-refractivity contribution is 5.81. The van der Waals surface area contributed by atoms with Gasteiger partial charge < -0.3 is 15.0 Å². The van der Waals surface area contributed by atoms with Crippen LogP contribution in [0.5, 0.6) is 5.88 Å². The highest BCUT2D eigenvalue weighted by Crippen LogP contribution is 2.20. The third-order valence-corrected chi connectivity index (χ3v) is 3.18. The van der Waals surface area contributed by atoms with Gasteiger partial charge in [-0.2, -0.15) is 0 Å². The summed E-state index contributed by atoms with van der Waals surface area (Å²) in [5, 5.41) is 3.07. The SMILES string of the molecule is CCOc1ncnc(NCC(=O)N2CCCC2)c1C. The second-order valence-corrected chi connectivity index (χ2v) is 4.53. The zero-order chi connectivity index (χ0) is 13.7. The van der Waals surface area contributed by atoms with Crippen molar-refractivity contribution in [1.82, 2.24) is 14.9 Å². The Morgan fingerprint density at radius 1 is 1.42 bits per heavy atom. The van der Waals surface area contributed by atoms with Crippen LogP contribution in [0.2, 0.25) is 0 Å². The highest BCUT2D eigenvalue weighted by Gasteiger charge is 2.18. The normalized spacial score (nSPS) is 14.5. The Morgan fingerprint density at radius 2 is 2.16 bits per heavy atom. The van der Waals surface area contributed by atoms with Gasteiger partial charge in [0.15, 0.2) is 0 Å². The number of likely N-dealkylation sites (tertiary alicyclic amines) is 1. The van der Waals surface area contributed by atoms with Crippen LogP contribution in [0.25, 0.3) is 0 Å². The van der Waals surface area contributed by atoms with E-state index in [1.165, 1.54) is 6.33 Å². The van der Waals surface area contributed by atoms with Crippen molar-refractivity contribution >= 4 is 11.7 Å². The van der Waals surface area contributed by atoms with Crippen molar-refractivity contribution in [3.05, 3.63) is 11.9 Å². The van der Waals surface area contributed by atoms with Crippen LogP contribution in [-0.2, 0) is 4.79 Å². The van der Waals surface area contributed by atoms with E-state index in [0.29, 0.717) is 18.3 Å². The molecule has 2 rings (SSSR count). The van der Waals surface area contributed by atoms with Crippen molar-refractivity contribution in [2.45, 2.75) is 26.7 Å². The number of nitrogens with one attached hydrogen (secondary N) is 1. The van der Waals surface area contributed by atoms with Crippen LogP contribution in [0.4, 0.5) is 5.82 Å². The molecular formula is C13H20N4O2. The standard InChI is InChI=1S/C13H20N4O2/c1-3-19-13-10(2)12(15-9-16-13)14-8-11(18)17-6-4-5-7-17/h9H,3-8H2,1-2H3,(H,14,15,16). The molecule has 2 heterocycles. The maximum Gasteiger partial charge on any atom is 0.241 e. The third kappa shape index (κ3) is 3.33. The molecule has 6 nitrogen and oxygen atoms in total. The number of carbonyl (C=O) groups is 1. The summed E-state index contributed by atoms with van der Waals surface area (Å²) in [6.07, 6.45) is 3.65. The van der Waals surface area contributed by atoms with E-state index in [0.717, 1.165) is 31.5 Å². The van der Waals surface area contributed by atoms with Gasteiger partial charge in [0.05, 0.1) is 18.7 Å². The Kier molecular flexibility index (Phi) is 4.54. The van der Waals surface area contributed by atoms with Gasteiger partial charge in [0.25, 0.3) is 0 Å². The lowest BCUT2D eigenvalue weighted by molar-refractivity contribution is -0.128. The minimum atomic E-state index is 0.119. The first-order chi connectivity index (χ1) is 9.22. The number of carbonyl (C=O) groups excluding carboxylic acids is 1. The summed E-state index contributed by atoms with van der Waals surface area (Å²) in [6, 6.07) is 0. The zero-order valence-electron chi connectivity index (χ0n) is 11.5. The number of ether oxygens (including phenoxy) is 1. The third-order valence-electron chi connectivity index (χ3n) is 3.18. The number of amides is 1. The van der Waals surface area contributed by atoms with Crippen LogP contribution in [0.1, 0.15) is 25.3 Å². The Hall–Kier alpha value is -1.85. The van der Waals surface area contributed by atoms with Crippen LogP contribution in [0, 0.1) is 6.92 Å². The molecule has 0 saturated carbocycles. The number of aromatic nitrogens is 2. The molecule has 1 saturated heterocycles. The van der Waals surface area contributed by atoms with E-state index >= 15 is 0 Å². The summed E-state index contributed by atoms with van der Waals surface area (Å²) in [6.45, 7) is 6.35. The molecule has 1 amide bonds. The molecule has 104 valence electrons. The summed E-state index contributed by atoms with van der Waals surface area (Å²) in [4.78, 5) is 22.0. The molecule has 0 unspecified atom stereocenters. The lowest BCUT2D eigenvalue weighted by Gasteiger charge is -2.16. The first-order valence-electron chi connectivity index (χ1n) is 6.68. The van der Waals surface area contributed by atoms with E-state index in [1.54, 1.807) is 0 Å². The minimum Gasteiger partial charge on any atom is -0.478 e. The topological polar surface area (TPSA) is 67.4 Å². The van der Waals surface area contributed by atoms with E-state index in [9.17, 15) is 4.79 Å². The second kappa shape index (κ2) is 6.36. The Bertz CT molecular complexity index is 444. The fourth-order valence-electron chi connectivity index (χ4n) is 2.13. The molecule has 0 radical (unpaired) electrons. The molecule has 1 aliphatic heterocycles. The average molecular weight is 264 g/mol. The first-order valence-corrected chi connectivity index (χ1v) is 6.68. The highest BCUT2D eigenvalue weighted by atomic mass is 16.5.